The van der Waals surface area contributed by atoms with Crippen molar-refractivity contribution < 1.29 is 4.48 Å². The highest BCUT2D eigenvalue weighted by Gasteiger charge is 2.24. The van der Waals surface area contributed by atoms with Gasteiger partial charge in [-0.25, -0.2) is 0 Å². The minimum Gasteiger partial charge on any atom is -0.324 e. The van der Waals surface area contributed by atoms with E-state index >= 15 is 0 Å². The molecule has 0 spiro atoms. The van der Waals surface area contributed by atoms with E-state index in [-0.39, 0.29) is 0 Å². The summed E-state index contributed by atoms with van der Waals surface area (Å²) in [7, 11) is 0. The molecule has 0 bridgehead atoms. The van der Waals surface area contributed by atoms with E-state index in [0.717, 1.165) is 0 Å². The summed E-state index contributed by atoms with van der Waals surface area (Å²) in [6, 6.07) is 0. The van der Waals surface area contributed by atoms with Crippen LogP contribution in [0, 0.1) is 0 Å². The van der Waals surface area contributed by atoms with Crippen molar-refractivity contribution in [2.24, 2.45) is 0 Å². The first-order chi connectivity index (χ1) is 10.7. The Balaban J connectivity index is 4.03. The lowest BCUT2D eigenvalue weighted by molar-refractivity contribution is -0.929. The first kappa shape index (κ1) is 22.0. The molecule has 0 aliphatic rings. The van der Waals surface area contributed by atoms with Crippen molar-refractivity contribution in [2.75, 3.05) is 26.2 Å². The highest BCUT2D eigenvalue weighted by atomic mass is 15.3. The monoisotopic (exact) mass is 312 g/mol. The molecule has 0 rings (SSSR count). The van der Waals surface area contributed by atoms with Gasteiger partial charge in [0.05, 0.1) is 26.2 Å². The van der Waals surface area contributed by atoms with E-state index in [0.29, 0.717) is 0 Å². The lowest BCUT2D eigenvalue weighted by atomic mass is 10.1. The first-order valence-corrected chi connectivity index (χ1v) is 10.6. The minimum absolute atomic E-state index is 1.35. The Hall–Kier alpha value is -0.0400. The van der Waals surface area contributed by atoms with Gasteiger partial charge in [-0.15, -0.1) is 0 Å². The molecule has 134 valence electrons. The third-order valence-corrected chi connectivity index (χ3v) is 5.16. The van der Waals surface area contributed by atoms with Gasteiger partial charge in [-0.1, -0.05) is 79.1 Å². The third-order valence-electron chi connectivity index (χ3n) is 5.16. The van der Waals surface area contributed by atoms with Crippen LogP contribution in [-0.4, -0.2) is 30.7 Å². The van der Waals surface area contributed by atoms with Gasteiger partial charge >= 0.3 is 0 Å². The van der Waals surface area contributed by atoms with Gasteiger partial charge in [0.15, 0.2) is 0 Å². The van der Waals surface area contributed by atoms with E-state index in [1.165, 1.54) is 114 Å². The zero-order valence-electron chi connectivity index (χ0n) is 16.5. The summed E-state index contributed by atoms with van der Waals surface area (Å²) in [5, 5.41) is 0. The Labute approximate surface area is 142 Å². The predicted molar refractivity (Wildman–Crippen MR) is 102 cm³/mol. The summed E-state index contributed by atoms with van der Waals surface area (Å²) in [5.74, 6) is 0. The van der Waals surface area contributed by atoms with Crippen molar-refractivity contribution in [3.63, 3.8) is 0 Å². The molecule has 1 nitrogen and oxygen atoms in total. The van der Waals surface area contributed by atoms with Crippen LogP contribution in [-0.2, 0) is 0 Å². The van der Waals surface area contributed by atoms with Gasteiger partial charge in [0, 0.05) is 0 Å². The lowest BCUT2D eigenvalue weighted by Gasteiger charge is -2.39. The fourth-order valence-corrected chi connectivity index (χ4v) is 3.71. The molecule has 0 saturated heterocycles. The van der Waals surface area contributed by atoms with Crippen LogP contribution >= 0.6 is 0 Å². The molecule has 0 aliphatic heterocycles. The molecule has 22 heavy (non-hydrogen) atoms. The van der Waals surface area contributed by atoms with E-state index in [9.17, 15) is 0 Å². The van der Waals surface area contributed by atoms with Crippen molar-refractivity contribution in [1.82, 2.24) is 0 Å². The predicted octanol–water partition coefficient (Wildman–Crippen LogP) is 6.95. The highest BCUT2D eigenvalue weighted by molar-refractivity contribution is 4.51. The summed E-state index contributed by atoms with van der Waals surface area (Å²) in [6.45, 7) is 15.1. The number of unbranched alkanes of at least 4 members (excludes halogenated alkanes) is 9. The van der Waals surface area contributed by atoms with E-state index in [1.807, 2.05) is 0 Å². The maximum atomic E-state index is 2.37. The molecule has 0 aliphatic carbocycles. The van der Waals surface area contributed by atoms with Crippen molar-refractivity contribution in [3.05, 3.63) is 0 Å². The van der Waals surface area contributed by atoms with Crippen molar-refractivity contribution in [1.29, 1.82) is 0 Å². The zero-order valence-corrected chi connectivity index (χ0v) is 16.5. The first-order valence-electron chi connectivity index (χ1n) is 10.6. The molecule has 0 aromatic heterocycles. The molecule has 0 fully saturated rings. The van der Waals surface area contributed by atoms with E-state index in [4.69, 9.17) is 0 Å². The maximum Gasteiger partial charge on any atom is 0.0786 e. The average molecular weight is 313 g/mol. The standard InChI is InChI=1S/C21H46N/c1-5-9-12-13-14-15-16-17-21-22(18-8-4,19-10-6-2)20-11-7-3/h5-21H2,1-4H3/q+1. The molecule has 0 radical (unpaired) electrons. The molecular weight excluding hydrogens is 266 g/mol. The quantitative estimate of drug-likeness (QED) is 0.201. The van der Waals surface area contributed by atoms with Crippen molar-refractivity contribution in [3.8, 4) is 0 Å². The number of rotatable bonds is 17. The molecule has 0 unspecified atom stereocenters. The summed E-state index contributed by atoms with van der Waals surface area (Å²) in [6.07, 6.45) is 18.5. The summed E-state index contributed by atoms with van der Waals surface area (Å²) in [5.41, 5.74) is 0. The number of hydrogen-bond donors (Lipinski definition) is 0. The SMILES string of the molecule is CCCCCCCCCC[N+](CCC)(CCCC)CCCC. The van der Waals surface area contributed by atoms with Crippen LogP contribution in [0.25, 0.3) is 0 Å². The van der Waals surface area contributed by atoms with Gasteiger partial charge in [0.1, 0.15) is 0 Å². The Morgan fingerprint density at radius 1 is 0.364 bits per heavy atom. The Kier molecular flexibility index (Phi) is 15.8. The Bertz CT molecular complexity index is 204. The van der Waals surface area contributed by atoms with Crippen LogP contribution in [0.4, 0.5) is 0 Å². The molecular formula is C21H46N+. The van der Waals surface area contributed by atoms with Crippen LogP contribution in [0.1, 0.15) is 111 Å². The summed E-state index contributed by atoms with van der Waals surface area (Å²) in [4.78, 5) is 0. The molecule has 0 N–H and O–H groups in total. The molecule has 1 heteroatoms. The van der Waals surface area contributed by atoms with E-state index in [1.54, 1.807) is 0 Å². The third kappa shape index (κ3) is 11.5. The molecule has 0 aromatic carbocycles. The molecule has 0 atom stereocenters. The second-order valence-electron chi connectivity index (χ2n) is 7.42. The Morgan fingerprint density at radius 3 is 1.23 bits per heavy atom. The van der Waals surface area contributed by atoms with Gasteiger partial charge < -0.3 is 4.48 Å². The van der Waals surface area contributed by atoms with Gasteiger partial charge in [-0.2, -0.15) is 0 Å². The van der Waals surface area contributed by atoms with E-state index in [2.05, 4.69) is 27.7 Å². The fourth-order valence-electron chi connectivity index (χ4n) is 3.71. The number of nitrogens with zero attached hydrogens (tertiary/aromatic N) is 1. The van der Waals surface area contributed by atoms with Gasteiger partial charge in [-0.3, -0.25) is 0 Å². The molecule has 0 aromatic rings. The van der Waals surface area contributed by atoms with Crippen LogP contribution in [0.15, 0.2) is 0 Å². The van der Waals surface area contributed by atoms with Gasteiger partial charge in [0.2, 0.25) is 0 Å². The van der Waals surface area contributed by atoms with E-state index < -0.39 is 0 Å². The van der Waals surface area contributed by atoms with Gasteiger partial charge in [0.25, 0.3) is 0 Å². The molecule has 0 saturated carbocycles. The van der Waals surface area contributed by atoms with Gasteiger partial charge in [-0.05, 0) is 32.1 Å². The summed E-state index contributed by atoms with van der Waals surface area (Å²) < 4.78 is 1.42. The maximum absolute atomic E-state index is 2.37. The van der Waals surface area contributed by atoms with Crippen molar-refractivity contribution in [2.45, 2.75) is 111 Å². The van der Waals surface area contributed by atoms with Crippen molar-refractivity contribution >= 4 is 0 Å². The number of hydrogen-bond acceptors (Lipinski definition) is 0. The second kappa shape index (κ2) is 15.8. The largest absolute Gasteiger partial charge is 0.324 e. The zero-order chi connectivity index (χ0) is 16.5. The van der Waals surface area contributed by atoms with Crippen LogP contribution in [0.3, 0.4) is 0 Å². The highest BCUT2D eigenvalue weighted by Crippen LogP contribution is 2.17. The van der Waals surface area contributed by atoms with Crippen LogP contribution in [0.5, 0.6) is 0 Å². The molecule has 0 amide bonds. The lowest BCUT2D eigenvalue weighted by Crippen LogP contribution is -2.50. The topological polar surface area (TPSA) is 0 Å². The second-order valence-corrected chi connectivity index (χ2v) is 7.42. The van der Waals surface area contributed by atoms with Crippen LogP contribution in [0.2, 0.25) is 0 Å². The fraction of sp³-hybridized carbons (Fsp3) is 1.00. The summed E-state index contributed by atoms with van der Waals surface area (Å²) >= 11 is 0. The minimum atomic E-state index is 1.35. The normalized spacial score (nSPS) is 12.0. The average Bonchev–Trinajstić information content (AvgIpc) is 2.53. The molecule has 0 heterocycles. The number of quaternary nitrogens is 1. The van der Waals surface area contributed by atoms with Crippen LogP contribution < -0.4 is 0 Å². The Morgan fingerprint density at radius 2 is 0.773 bits per heavy atom. The smallest absolute Gasteiger partial charge is 0.0786 e.